The number of hydrogen-bond donors (Lipinski definition) is 0. The highest BCUT2D eigenvalue weighted by molar-refractivity contribution is 5.82. The van der Waals surface area contributed by atoms with Crippen molar-refractivity contribution < 1.29 is 0 Å². The monoisotopic (exact) mass is 352 g/mol. The van der Waals surface area contributed by atoms with E-state index in [0.29, 0.717) is 0 Å². The van der Waals surface area contributed by atoms with Crippen LogP contribution in [0.3, 0.4) is 0 Å². The number of hydrogen-bond acceptors (Lipinski definition) is 1. The largest absolute Gasteiger partial charge is 0.323 e. The number of rotatable bonds is 6. The maximum atomic E-state index is 5.14. The number of nitrogens with zero attached hydrogens (tertiary/aromatic N) is 2. The molecule has 0 atom stereocenters. The lowest BCUT2D eigenvalue weighted by Gasteiger charge is -2.13. The molecule has 4 aromatic rings. The summed E-state index contributed by atoms with van der Waals surface area (Å²) in [5.74, 6) is 1.04. The number of aromatic nitrogens is 2. The second-order valence-corrected chi connectivity index (χ2v) is 6.74. The Morgan fingerprint density at radius 3 is 1.74 bits per heavy atom. The summed E-state index contributed by atoms with van der Waals surface area (Å²) in [6, 6.07) is 31.7. The molecule has 0 radical (unpaired) electrons. The molecular weight excluding hydrogens is 328 g/mol. The second kappa shape index (κ2) is 8.05. The van der Waals surface area contributed by atoms with E-state index in [-0.39, 0.29) is 0 Å². The van der Waals surface area contributed by atoms with Gasteiger partial charge in [0, 0.05) is 23.2 Å². The van der Waals surface area contributed by atoms with E-state index < -0.39 is 0 Å². The maximum absolute atomic E-state index is 5.14. The van der Waals surface area contributed by atoms with Crippen LogP contribution in [0, 0.1) is 0 Å². The van der Waals surface area contributed by atoms with Crippen molar-refractivity contribution in [3.63, 3.8) is 0 Å². The van der Waals surface area contributed by atoms with E-state index in [2.05, 4.69) is 102 Å². The second-order valence-electron chi connectivity index (χ2n) is 6.74. The van der Waals surface area contributed by atoms with Crippen molar-refractivity contribution in [3.8, 4) is 33.9 Å². The van der Waals surface area contributed by atoms with E-state index in [0.717, 1.165) is 42.0 Å². The Bertz CT molecular complexity index is 987. The van der Waals surface area contributed by atoms with Crippen LogP contribution < -0.4 is 0 Å². The molecule has 0 saturated heterocycles. The third-order valence-corrected chi connectivity index (χ3v) is 4.83. The molecular formula is C25H24N2. The van der Waals surface area contributed by atoms with Crippen molar-refractivity contribution in [2.45, 2.75) is 26.3 Å². The van der Waals surface area contributed by atoms with Gasteiger partial charge in [0.25, 0.3) is 0 Å². The Hall–Kier alpha value is -3.13. The molecule has 0 bridgehead atoms. The number of imidazole rings is 1. The Morgan fingerprint density at radius 1 is 0.667 bits per heavy atom. The quantitative estimate of drug-likeness (QED) is 0.378. The zero-order valence-corrected chi connectivity index (χ0v) is 15.7. The summed E-state index contributed by atoms with van der Waals surface area (Å²) in [5, 5.41) is 0. The Balaban J connectivity index is 1.99. The molecule has 0 aliphatic carbocycles. The van der Waals surface area contributed by atoms with Gasteiger partial charge in [-0.25, -0.2) is 4.98 Å². The maximum Gasteiger partial charge on any atom is 0.141 e. The van der Waals surface area contributed by atoms with Gasteiger partial charge in [-0.3, -0.25) is 0 Å². The highest BCUT2D eigenvalue weighted by Crippen LogP contribution is 2.36. The summed E-state index contributed by atoms with van der Waals surface area (Å²) in [7, 11) is 0. The topological polar surface area (TPSA) is 17.8 Å². The smallest absolute Gasteiger partial charge is 0.141 e. The molecule has 3 aromatic carbocycles. The first-order valence-electron chi connectivity index (χ1n) is 9.65. The summed E-state index contributed by atoms with van der Waals surface area (Å²) < 4.78 is 2.40. The van der Waals surface area contributed by atoms with Crippen LogP contribution in [0.15, 0.2) is 91.0 Å². The summed E-state index contributed by atoms with van der Waals surface area (Å²) in [6.07, 6.45) is 2.28. The standard InChI is InChI=1S/C25H24N2/c1-2-3-19-27-24(21-15-9-5-10-16-21)23(20-13-7-4-8-14-20)26-25(27)22-17-11-6-12-18-22/h4-18H,2-3,19H2,1H3. The van der Waals surface area contributed by atoms with Gasteiger partial charge in [0.2, 0.25) is 0 Å². The van der Waals surface area contributed by atoms with Gasteiger partial charge in [0.1, 0.15) is 5.82 Å². The van der Waals surface area contributed by atoms with Crippen LogP contribution in [0.4, 0.5) is 0 Å². The molecule has 0 aliphatic heterocycles. The summed E-state index contributed by atoms with van der Waals surface area (Å²) >= 11 is 0. The van der Waals surface area contributed by atoms with E-state index >= 15 is 0 Å². The fourth-order valence-electron chi connectivity index (χ4n) is 3.48. The summed E-state index contributed by atoms with van der Waals surface area (Å²) in [6.45, 7) is 3.20. The summed E-state index contributed by atoms with van der Waals surface area (Å²) in [4.78, 5) is 5.14. The van der Waals surface area contributed by atoms with Crippen LogP contribution >= 0.6 is 0 Å². The van der Waals surface area contributed by atoms with Crippen molar-refractivity contribution in [2.75, 3.05) is 0 Å². The fraction of sp³-hybridized carbons (Fsp3) is 0.160. The molecule has 4 rings (SSSR count). The van der Waals surface area contributed by atoms with Gasteiger partial charge in [0.05, 0.1) is 11.4 Å². The van der Waals surface area contributed by atoms with E-state index in [1.807, 2.05) is 0 Å². The predicted octanol–water partition coefficient (Wildman–Crippen LogP) is 6.68. The van der Waals surface area contributed by atoms with Gasteiger partial charge in [0.15, 0.2) is 0 Å². The summed E-state index contributed by atoms with van der Waals surface area (Å²) in [5.41, 5.74) is 5.78. The first-order chi connectivity index (χ1) is 13.4. The molecule has 0 N–H and O–H groups in total. The van der Waals surface area contributed by atoms with Gasteiger partial charge in [-0.05, 0) is 6.42 Å². The van der Waals surface area contributed by atoms with Gasteiger partial charge in [-0.15, -0.1) is 0 Å². The molecule has 2 heteroatoms. The molecule has 134 valence electrons. The van der Waals surface area contributed by atoms with Crippen molar-refractivity contribution in [3.05, 3.63) is 91.0 Å². The van der Waals surface area contributed by atoms with E-state index in [1.54, 1.807) is 0 Å². The zero-order valence-electron chi connectivity index (χ0n) is 15.7. The van der Waals surface area contributed by atoms with E-state index in [9.17, 15) is 0 Å². The van der Waals surface area contributed by atoms with Crippen LogP contribution in [0.25, 0.3) is 33.9 Å². The highest BCUT2D eigenvalue weighted by atomic mass is 15.1. The fourth-order valence-corrected chi connectivity index (χ4v) is 3.48. The van der Waals surface area contributed by atoms with Gasteiger partial charge in [-0.2, -0.15) is 0 Å². The highest BCUT2D eigenvalue weighted by Gasteiger charge is 2.20. The van der Waals surface area contributed by atoms with Crippen LogP contribution in [-0.2, 0) is 6.54 Å². The number of benzene rings is 3. The average molecular weight is 352 g/mol. The van der Waals surface area contributed by atoms with Crippen molar-refractivity contribution in [2.24, 2.45) is 0 Å². The van der Waals surface area contributed by atoms with Crippen LogP contribution in [0.5, 0.6) is 0 Å². The minimum atomic E-state index is 0.963. The molecule has 27 heavy (non-hydrogen) atoms. The minimum Gasteiger partial charge on any atom is -0.323 e. The van der Waals surface area contributed by atoms with Crippen LogP contribution in [0.1, 0.15) is 19.8 Å². The molecule has 0 aliphatic rings. The molecule has 0 saturated carbocycles. The van der Waals surface area contributed by atoms with Crippen LogP contribution in [0.2, 0.25) is 0 Å². The van der Waals surface area contributed by atoms with Crippen molar-refractivity contribution >= 4 is 0 Å². The first kappa shape index (κ1) is 17.3. The third-order valence-electron chi connectivity index (χ3n) is 4.83. The lowest BCUT2D eigenvalue weighted by atomic mass is 10.0. The third kappa shape index (κ3) is 3.56. The molecule has 2 nitrogen and oxygen atoms in total. The van der Waals surface area contributed by atoms with Gasteiger partial charge < -0.3 is 4.57 Å². The lowest BCUT2D eigenvalue weighted by molar-refractivity contribution is 0.641. The molecule has 0 amide bonds. The zero-order chi connectivity index (χ0) is 18.5. The van der Waals surface area contributed by atoms with E-state index in [1.165, 1.54) is 11.3 Å². The van der Waals surface area contributed by atoms with Gasteiger partial charge in [-0.1, -0.05) is 104 Å². The van der Waals surface area contributed by atoms with Crippen LogP contribution in [-0.4, -0.2) is 9.55 Å². The molecule has 0 spiro atoms. The van der Waals surface area contributed by atoms with Crippen molar-refractivity contribution in [1.82, 2.24) is 9.55 Å². The predicted molar refractivity (Wildman–Crippen MR) is 113 cm³/mol. The Morgan fingerprint density at radius 2 is 1.19 bits per heavy atom. The Kier molecular flexibility index (Phi) is 5.15. The van der Waals surface area contributed by atoms with E-state index in [4.69, 9.17) is 4.98 Å². The first-order valence-corrected chi connectivity index (χ1v) is 9.65. The van der Waals surface area contributed by atoms with Crippen molar-refractivity contribution in [1.29, 1.82) is 0 Å². The average Bonchev–Trinajstić information content (AvgIpc) is 3.13. The lowest BCUT2D eigenvalue weighted by Crippen LogP contribution is -2.03. The minimum absolute atomic E-state index is 0.963. The van der Waals surface area contributed by atoms with Gasteiger partial charge >= 0.3 is 0 Å². The SMILES string of the molecule is CCCCn1c(-c2ccccc2)nc(-c2ccccc2)c1-c1ccccc1. The molecule has 1 aromatic heterocycles. The molecule has 0 unspecified atom stereocenters. The number of unbranched alkanes of at least 4 members (excludes halogenated alkanes) is 1. The normalized spacial score (nSPS) is 10.9. The Labute approximate surface area is 161 Å². The molecule has 0 fully saturated rings. The molecule has 1 heterocycles.